The maximum absolute atomic E-state index is 12.7. The van der Waals surface area contributed by atoms with E-state index in [9.17, 15) is 13.2 Å². The fourth-order valence-corrected chi connectivity index (χ4v) is 2.96. The number of rotatable bonds is 3. The first-order chi connectivity index (χ1) is 12.3. The molecule has 1 aliphatic rings. The van der Waals surface area contributed by atoms with Gasteiger partial charge in [0.05, 0.1) is 10.6 Å². The van der Waals surface area contributed by atoms with Crippen LogP contribution < -0.4 is 14.7 Å². The number of pyridine rings is 1. The van der Waals surface area contributed by atoms with Crippen LogP contribution in [-0.4, -0.2) is 55.2 Å². The van der Waals surface area contributed by atoms with E-state index in [1.807, 2.05) is 34.9 Å². The summed E-state index contributed by atoms with van der Waals surface area (Å²) in [6.45, 7) is 2.37. The van der Waals surface area contributed by atoms with Crippen molar-refractivity contribution in [2.45, 2.75) is 6.18 Å². The van der Waals surface area contributed by atoms with Crippen molar-refractivity contribution in [2.24, 2.45) is 0 Å². The van der Waals surface area contributed by atoms with Gasteiger partial charge in [0.25, 0.3) is 0 Å². The van der Waals surface area contributed by atoms with Crippen LogP contribution in [0.2, 0.25) is 5.02 Å². The van der Waals surface area contributed by atoms with Gasteiger partial charge < -0.3 is 14.7 Å². The third-order valence-corrected chi connectivity index (χ3v) is 4.38. The summed E-state index contributed by atoms with van der Waals surface area (Å²) in [5, 5.41) is -0.000805. The zero-order valence-corrected chi connectivity index (χ0v) is 15.1. The van der Waals surface area contributed by atoms with Crippen molar-refractivity contribution in [2.75, 3.05) is 55.0 Å². The molecule has 26 heavy (non-hydrogen) atoms. The highest BCUT2D eigenvalue weighted by Crippen LogP contribution is 2.33. The Morgan fingerprint density at radius 1 is 1.08 bits per heavy atom. The number of halogens is 4. The lowest BCUT2D eigenvalue weighted by Crippen LogP contribution is -2.47. The summed E-state index contributed by atoms with van der Waals surface area (Å²) in [5.41, 5.74) is -0.848. The molecule has 10 heteroatoms. The summed E-state index contributed by atoms with van der Waals surface area (Å²) in [6.07, 6.45) is -1.93. The molecular weight excluding hydrogens is 369 g/mol. The molecule has 0 amide bonds. The molecule has 3 rings (SSSR count). The van der Waals surface area contributed by atoms with E-state index in [2.05, 4.69) is 15.0 Å². The average Bonchev–Trinajstić information content (AvgIpc) is 2.61. The number of hydrogen-bond acceptors (Lipinski definition) is 6. The molecule has 0 spiro atoms. The van der Waals surface area contributed by atoms with Crippen LogP contribution in [0.5, 0.6) is 0 Å². The molecule has 0 atom stereocenters. The van der Waals surface area contributed by atoms with Crippen LogP contribution >= 0.6 is 11.6 Å². The smallest absolute Gasteiger partial charge is 0.363 e. The van der Waals surface area contributed by atoms with E-state index in [0.717, 1.165) is 18.1 Å². The standard InChI is InChI=1S/C16H18ClF3N6/c1-24(2)13-3-4-21-15(23-13)26-7-5-25(6-8-26)14-12(17)9-11(10-22-14)16(18,19)20/h3-4,9-10H,5-8H2,1-2H3. The summed E-state index contributed by atoms with van der Waals surface area (Å²) in [4.78, 5) is 18.5. The second-order valence-electron chi connectivity index (χ2n) is 6.11. The molecule has 0 aromatic carbocycles. The second-order valence-corrected chi connectivity index (χ2v) is 6.52. The first-order valence-corrected chi connectivity index (χ1v) is 8.36. The predicted molar refractivity (Wildman–Crippen MR) is 95.0 cm³/mol. The largest absolute Gasteiger partial charge is 0.417 e. The topological polar surface area (TPSA) is 48.4 Å². The third-order valence-electron chi connectivity index (χ3n) is 4.10. The van der Waals surface area contributed by atoms with Crippen LogP contribution in [0, 0.1) is 0 Å². The molecule has 0 bridgehead atoms. The molecular formula is C16H18ClF3N6. The number of anilines is 3. The summed E-state index contributed by atoms with van der Waals surface area (Å²) in [6, 6.07) is 2.74. The first kappa shape index (κ1) is 18.5. The Hall–Kier alpha value is -2.29. The minimum atomic E-state index is -4.46. The van der Waals surface area contributed by atoms with Crippen LogP contribution in [0.4, 0.5) is 30.8 Å². The maximum Gasteiger partial charge on any atom is 0.417 e. The Labute approximate surface area is 154 Å². The molecule has 0 N–H and O–H groups in total. The summed E-state index contributed by atoms with van der Waals surface area (Å²) >= 11 is 6.03. The summed E-state index contributed by atoms with van der Waals surface area (Å²) < 4.78 is 38.2. The van der Waals surface area contributed by atoms with E-state index >= 15 is 0 Å². The lowest BCUT2D eigenvalue weighted by atomic mass is 10.2. The lowest BCUT2D eigenvalue weighted by Gasteiger charge is -2.36. The molecule has 2 aromatic heterocycles. The Kier molecular flexibility index (Phi) is 5.08. The van der Waals surface area contributed by atoms with Gasteiger partial charge in [0.15, 0.2) is 0 Å². The average molecular weight is 387 g/mol. The Bertz CT molecular complexity index is 775. The third kappa shape index (κ3) is 3.92. The minimum Gasteiger partial charge on any atom is -0.363 e. The van der Waals surface area contributed by atoms with E-state index < -0.39 is 11.7 Å². The van der Waals surface area contributed by atoms with E-state index in [1.54, 1.807) is 6.20 Å². The van der Waals surface area contributed by atoms with Gasteiger partial charge in [0.2, 0.25) is 5.95 Å². The molecule has 3 heterocycles. The van der Waals surface area contributed by atoms with Crippen molar-refractivity contribution in [3.63, 3.8) is 0 Å². The molecule has 1 saturated heterocycles. The Morgan fingerprint density at radius 3 is 2.31 bits per heavy atom. The molecule has 2 aromatic rings. The molecule has 1 fully saturated rings. The molecule has 0 radical (unpaired) electrons. The van der Waals surface area contributed by atoms with Gasteiger partial charge in [-0.1, -0.05) is 11.6 Å². The fourth-order valence-electron chi connectivity index (χ4n) is 2.68. The van der Waals surface area contributed by atoms with Crippen LogP contribution in [0.15, 0.2) is 24.5 Å². The van der Waals surface area contributed by atoms with Crippen molar-refractivity contribution in [1.82, 2.24) is 15.0 Å². The fraction of sp³-hybridized carbons (Fsp3) is 0.438. The SMILES string of the molecule is CN(C)c1ccnc(N2CCN(c3ncc(C(F)(F)F)cc3Cl)CC2)n1. The van der Waals surface area contributed by atoms with E-state index in [-0.39, 0.29) is 5.02 Å². The lowest BCUT2D eigenvalue weighted by molar-refractivity contribution is -0.137. The van der Waals surface area contributed by atoms with Gasteiger partial charge in [-0.05, 0) is 12.1 Å². The highest BCUT2D eigenvalue weighted by Gasteiger charge is 2.32. The minimum absolute atomic E-state index is 0.000805. The van der Waals surface area contributed by atoms with E-state index in [1.165, 1.54) is 0 Å². The quantitative estimate of drug-likeness (QED) is 0.808. The number of piperazine rings is 1. The Balaban J connectivity index is 1.70. The van der Waals surface area contributed by atoms with Gasteiger partial charge >= 0.3 is 6.18 Å². The van der Waals surface area contributed by atoms with Gasteiger partial charge in [-0.3, -0.25) is 0 Å². The van der Waals surface area contributed by atoms with Crippen LogP contribution in [0.1, 0.15) is 5.56 Å². The highest BCUT2D eigenvalue weighted by atomic mass is 35.5. The van der Waals surface area contributed by atoms with Gasteiger partial charge in [-0.2, -0.15) is 18.2 Å². The van der Waals surface area contributed by atoms with Crippen molar-refractivity contribution in [3.05, 3.63) is 35.1 Å². The molecule has 0 unspecified atom stereocenters. The van der Waals surface area contributed by atoms with Gasteiger partial charge in [-0.15, -0.1) is 0 Å². The van der Waals surface area contributed by atoms with Crippen molar-refractivity contribution < 1.29 is 13.2 Å². The van der Waals surface area contributed by atoms with Crippen molar-refractivity contribution >= 4 is 29.2 Å². The Morgan fingerprint density at radius 2 is 1.73 bits per heavy atom. The second kappa shape index (κ2) is 7.14. The molecule has 140 valence electrons. The van der Waals surface area contributed by atoms with Gasteiger partial charge in [0, 0.05) is 52.7 Å². The monoisotopic (exact) mass is 386 g/mol. The van der Waals surface area contributed by atoms with E-state index in [0.29, 0.717) is 37.9 Å². The summed E-state index contributed by atoms with van der Waals surface area (Å²) in [7, 11) is 3.81. The zero-order valence-electron chi connectivity index (χ0n) is 14.3. The van der Waals surface area contributed by atoms with Crippen LogP contribution in [0.25, 0.3) is 0 Å². The maximum atomic E-state index is 12.7. The normalized spacial score (nSPS) is 15.3. The van der Waals surface area contributed by atoms with Gasteiger partial charge in [0.1, 0.15) is 11.6 Å². The molecule has 0 aliphatic carbocycles. The number of nitrogens with zero attached hydrogens (tertiary/aromatic N) is 6. The first-order valence-electron chi connectivity index (χ1n) is 7.98. The molecule has 6 nitrogen and oxygen atoms in total. The van der Waals surface area contributed by atoms with Crippen molar-refractivity contribution in [1.29, 1.82) is 0 Å². The summed E-state index contributed by atoms with van der Waals surface area (Å²) in [5.74, 6) is 1.80. The number of alkyl halides is 3. The van der Waals surface area contributed by atoms with Crippen LogP contribution in [-0.2, 0) is 6.18 Å². The van der Waals surface area contributed by atoms with E-state index in [4.69, 9.17) is 11.6 Å². The number of aromatic nitrogens is 3. The molecule has 0 saturated carbocycles. The predicted octanol–water partition coefficient (Wildman–Crippen LogP) is 2.94. The zero-order chi connectivity index (χ0) is 18.9. The number of hydrogen-bond donors (Lipinski definition) is 0. The van der Waals surface area contributed by atoms with Gasteiger partial charge in [-0.25, -0.2) is 9.97 Å². The van der Waals surface area contributed by atoms with Crippen molar-refractivity contribution in [3.8, 4) is 0 Å². The molecule has 1 aliphatic heterocycles. The highest BCUT2D eigenvalue weighted by molar-refractivity contribution is 6.33. The van der Waals surface area contributed by atoms with Crippen LogP contribution in [0.3, 0.4) is 0 Å².